The van der Waals surface area contributed by atoms with Gasteiger partial charge in [0, 0.05) is 0 Å². The molecule has 2 aromatic rings. The van der Waals surface area contributed by atoms with E-state index in [4.69, 9.17) is 0 Å². The molecule has 4 heteroatoms. The molecule has 0 aliphatic carbocycles. The predicted octanol–water partition coefficient (Wildman–Crippen LogP) is -5.07. The van der Waals surface area contributed by atoms with Gasteiger partial charge in [-0.15, -0.1) is 0 Å². The summed E-state index contributed by atoms with van der Waals surface area (Å²) in [5.74, 6) is 0. The molecule has 0 aliphatic rings. The van der Waals surface area contributed by atoms with Crippen molar-refractivity contribution in [3.63, 3.8) is 0 Å². The van der Waals surface area contributed by atoms with E-state index in [1.165, 1.54) is 27.8 Å². The summed E-state index contributed by atoms with van der Waals surface area (Å²) >= 11 is 0. The van der Waals surface area contributed by atoms with Gasteiger partial charge in [-0.05, 0) is 43.9 Å². The van der Waals surface area contributed by atoms with E-state index in [-0.39, 0.29) is 58.9 Å². The van der Waals surface area contributed by atoms with Crippen LogP contribution in [0.25, 0.3) is 0 Å². The zero-order valence-electron chi connectivity index (χ0n) is 11.3. The van der Waals surface area contributed by atoms with Crippen molar-refractivity contribution < 1.29 is 58.9 Å². The van der Waals surface area contributed by atoms with Gasteiger partial charge in [0.15, 0.2) is 0 Å². The van der Waals surface area contributed by atoms with Gasteiger partial charge in [-0.2, -0.15) is 17.7 Å². The minimum absolute atomic E-state index is 0. The molecule has 0 saturated heterocycles. The quantitative estimate of drug-likeness (QED) is 0.375. The number of halogens is 3. The number of aryl methyl sites for hydroxylation is 2. The summed E-state index contributed by atoms with van der Waals surface area (Å²) in [5.41, 5.74) is 7.04. The second-order valence-electron chi connectivity index (χ2n) is 4.32. The molecule has 0 saturated carbocycles. The van der Waals surface area contributed by atoms with Crippen LogP contribution in [0.1, 0.15) is 27.8 Å². The topological polar surface area (TPSA) is 0 Å². The van der Waals surface area contributed by atoms with E-state index in [9.17, 15) is 0 Å². The summed E-state index contributed by atoms with van der Waals surface area (Å²) in [4.78, 5) is 0. The molecule has 0 radical (unpaired) electrons. The molecule has 0 nitrogen and oxygen atoms in total. The Bertz CT molecular complexity index is 441. The summed E-state index contributed by atoms with van der Waals surface area (Å²) in [6.45, 7) is 6.57. The Balaban J connectivity index is -0.000000640. The van der Waals surface area contributed by atoms with Gasteiger partial charge in [-0.1, -0.05) is 17.7 Å². The van der Waals surface area contributed by atoms with Gasteiger partial charge in [-0.25, -0.2) is 12.1 Å². The van der Waals surface area contributed by atoms with E-state index in [1.54, 1.807) is 0 Å². The summed E-state index contributed by atoms with van der Waals surface area (Å²) in [6, 6.07) is 13.2. The molecule has 0 fully saturated rings. The Morgan fingerprint density at radius 3 is 1.68 bits per heavy atom. The van der Waals surface area contributed by atoms with E-state index >= 15 is 0 Å². The third-order valence-corrected chi connectivity index (χ3v) is 3.13. The van der Waals surface area contributed by atoms with Crippen LogP contribution in [-0.4, -0.2) is 0 Å². The largest absolute Gasteiger partial charge is 4.00 e. The maximum atomic E-state index is 2.30. The maximum Gasteiger partial charge on any atom is 4.00 e. The minimum Gasteiger partial charge on any atom is -1.00 e. The zero-order chi connectivity index (χ0) is 10.8. The first kappa shape index (κ1) is 24.2. The minimum atomic E-state index is 0. The van der Waals surface area contributed by atoms with E-state index < -0.39 is 0 Å². The Labute approximate surface area is 149 Å². The van der Waals surface area contributed by atoms with Crippen molar-refractivity contribution in [3.05, 3.63) is 64.2 Å². The second kappa shape index (κ2) is 10.9. The summed E-state index contributed by atoms with van der Waals surface area (Å²) in [7, 11) is 0. The van der Waals surface area contributed by atoms with Crippen LogP contribution in [0, 0.1) is 20.8 Å². The molecule has 19 heavy (non-hydrogen) atoms. The van der Waals surface area contributed by atoms with Crippen LogP contribution >= 0.6 is 0 Å². The summed E-state index contributed by atoms with van der Waals surface area (Å²) in [5, 5.41) is 0. The Kier molecular flexibility index (Phi) is 13.9. The van der Waals surface area contributed by atoms with Crippen molar-refractivity contribution >= 4 is 0 Å². The number of hydrogen-bond acceptors (Lipinski definition) is 0. The number of hydrogen-bond donors (Lipinski definition) is 0. The third kappa shape index (κ3) is 6.43. The van der Waals surface area contributed by atoms with Crippen LogP contribution in [0.5, 0.6) is 0 Å². The van der Waals surface area contributed by atoms with Gasteiger partial charge in [0.2, 0.25) is 0 Å². The molecule has 0 N–H and O–H groups in total. The van der Waals surface area contributed by atoms with Crippen LogP contribution in [0.4, 0.5) is 0 Å². The van der Waals surface area contributed by atoms with Gasteiger partial charge < -0.3 is 37.2 Å². The van der Waals surface area contributed by atoms with E-state index in [0.717, 1.165) is 6.42 Å². The van der Waals surface area contributed by atoms with Crippen molar-refractivity contribution in [2.24, 2.45) is 0 Å². The van der Waals surface area contributed by atoms with Crippen LogP contribution in [0.3, 0.4) is 0 Å². The molecule has 0 unspecified atom stereocenters. The van der Waals surface area contributed by atoms with Gasteiger partial charge in [0.05, 0.1) is 0 Å². The molecule has 0 heterocycles. The normalized spacial score (nSPS) is 8.37. The average molecular weight is 352 g/mol. The Morgan fingerprint density at radius 1 is 0.842 bits per heavy atom. The van der Waals surface area contributed by atoms with Gasteiger partial charge in [0.1, 0.15) is 0 Å². The monoisotopic (exact) mass is 350 g/mol. The molecule has 0 bridgehead atoms. The van der Waals surface area contributed by atoms with E-state index in [0.29, 0.717) is 0 Å². The molecular formula is C15H17Cl3Ti. The molecule has 2 rings (SSSR count). The van der Waals surface area contributed by atoms with Gasteiger partial charge in [0.25, 0.3) is 0 Å². The number of benzene rings is 1. The van der Waals surface area contributed by atoms with E-state index in [1.807, 2.05) is 0 Å². The first-order chi connectivity index (χ1) is 7.16. The smallest absolute Gasteiger partial charge is 1.00 e. The van der Waals surface area contributed by atoms with Crippen LogP contribution in [0.15, 0.2) is 36.4 Å². The summed E-state index contributed by atoms with van der Waals surface area (Å²) in [6.07, 6.45) is 1.05. The predicted molar refractivity (Wildman–Crippen MR) is 65.5 cm³/mol. The second-order valence-corrected chi connectivity index (χ2v) is 4.32. The van der Waals surface area contributed by atoms with Crippen molar-refractivity contribution in [3.8, 4) is 0 Å². The summed E-state index contributed by atoms with van der Waals surface area (Å²) < 4.78 is 0. The van der Waals surface area contributed by atoms with Crippen molar-refractivity contribution in [1.82, 2.24) is 0 Å². The zero-order valence-corrected chi connectivity index (χ0v) is 15.1. The Morgan fingerprint density at radius 2 is 1.26 bits per heavy atom. The molecule has 2 aromatic carbocycles. The first-order valence-corrected chi connectivity index (χ1v) is 5.44. The van der Waals surface area contributed by atoms with Crippen LogP contribution in [0.2, 0.25) is 0 Å². The van der Waals surface area contributed by atoms with Crippen LogP contribution < -0.4 is 37.2 Å². The van der Waals surface area contributed by atoms with Gasteiger partial charge in [-0.3, -0.25) is 0 Å². The molecule has 102 valence electrons. The fourth-order valence-electron chi connectivity index (χ4n) is 1.99. The van der Waals surface area contributed by atoms with Crippen LogP contribution in [-0.2, 0) is 28.1 Å². The Hall–Kier alpha value is 0.154. The third-order valence-electron chi connectivity index (χ3n) is 3.13. The average Bonchev–Trinajstić information content (AvgIpc) is 2.66. The molecule has 0 atom stereocenters. The standard InChI is InChI=1S/C15H17.3ClH.Ti/c1-11-8-15(9-12(2)13(11)3)10-14-6-4-5-7-14;;;;/h4-9H,10H2,1-3H3;3*1H;/q-1;;;;+4/p-3. The van der Waals surface area contributed by atoms with Gasteiger partial charge >= 0.3 is 21.7 Å². The molecule has 0 amide bonds. The van der Waals surface area contributed by atoms with Crippen molar-refractivity contribution in [2.45, 2.75) is 27.2 Å². The molecule has 0 aliphatic heterocycles. The van der Waals surface area contributed by atoms with Crippen molar-refractivity contribution in [2.75, 3.05) is 0 Å². The van der Waals surface area contributed by atoms with E-state index in [2.05, 4.69) is 57.2 Å². The number of rotatable bonds is 2. The first-order valence-electron chi connectivity index (χ1n) is 5.44. The maximum absolute atomic E-state index is 2.30. The molecule has 0 aromatic heterocycles. The fourth-order valence-corrected chi connectivity index (χ4v) is 1.99. The fraction of sp³-hybridized carbons (Fsp3) is 0.267. The molecule has 0 spiro atoms. The SMILES string of the molecule is Cc1cc(C[c-]2cccc2)cc(C)c1C.[Cl-].[Cl-].[Cl-].[Ti+4]. The molecular weight excluding hydrogens is 334 g/mol. The van der Waals surface area contributed by atoms with Crippen molar-refractivity contribution in [1.29, 1.82) is 0 Å².